The molecule has 0 aliphatic carbocycles. The summed E-state index contributed by atoms with van der Waals surface area (Å²) in [6.07, 6.45) is 7.06. The number of unbranched alkanes of at least 4 members (excludes halogenated alkanes) is 3. The van der Waals surface area contributed by atoms with Crippen molar-refractivity contribution >= 4 is 6.21 Å². The highest BCUT2D eigenvalue weighted by Gasteiger charge is 1.86. The average molecular weight is 189 g/mol. The SMILES string of the molecule is CCCCCC=NCc1ccccc1. The molecular formula is C13H19N. The molecule has 1 heteroatoms. The van der Waals surface area contributed by atoms with Crippen LogP contribution < -0.4 is 0 Å². The van der Waals surface area contributed by atoms with Crippen molar-refractivity contribution in [1.82, 2.24) is 0 Å². The van der Waals surface area contributed by atoms with E-state index >= 15 is 0 Å². The Balaban J connectivity index is 2.14. The van der Waals surface area contributed by atoms with Crippen LogP contribution in [0.3, 0.4) is 0 Å². The fourth-order valence-corrected chi connectivity index (χ4v) is 1.33. The predicted molar refractivity (Wildman–Crippen MR) is 62.8 cm³/mol. The van der Waals surface area contributed by atoms with Gasteiger partial charge in [0, 0.05) is 0 Å². The zero-order chi connectivity index (χ0) is 10.1. The third-order valence-electron chi connectivity index (χ3n) is 2.18. The van der Waals surface area contributed by atoms with Crippen LogP contribution in [-0.4, -0.2) is 6.21 Å². The summed E-state index contributed by atoms with van der Waals surface area (Å²) >= 11 is 0. The van der Waals surface area contributed by atoms with E-state index in [0.29, 0.717) is 0 Å². The summed E-state index contributed by atoms with van der Waals surface area (Å²) in [7, 11) is 0. The predicted octanol–water partition coefficient (Wildman–Crippen LogP) is 3.84. The van der Waals surface area contributed by atoms with Gasteiger partial charge in [-0.2, -0.15) is 0 Å². The molecule has 0 bridgehead atoms. The summed E-state index contributed by atoms with van der Waals surface area (Å²) in [6, 6.07) is 10.4. The quantitative estimate of drug-likeness (QED) is 0.476. The fraction of sp³-hybridized carbons (Fsp3) is 0.462. The molecule has 0 spiro atoms. The normalized spacial score (nSPS) is 10.9. The molecule has 14 heavy (non-hydrogen) atoms. The van der Waals surface area contributed by atoms with Crippen LogP contribution in [0.25, 0.3) is 0 Å². The Morgan fingerprint density at radius 2 is 1.93 bits per heavy atom. The molecule has 1 nitrogen and oxygen atoms in total. The lowest BCUT2D eigenvalue weighted by molar-refractivity contribution is 0.745. The van der Waals surface area contributed by atoms with Gasteiger partial charge in [0.2, 0.25) is 0 Å². The largest absolute Gasteiger partial charge is 0.293 e. The van der Waals surface area contributed by atoms with E-state index in [1.165, 1.54) is 24.8 Å². The van der Waals surface area contributed by atoms with Crippen LogP contribution in [0, 0.1) is 0 Å². The Kier molecular flexibility index (Phi) is 5.73. The highest BCUT2D eigenvalue weighted by Crippen LogP contribution is 2.00. The Morgan fingerprint density at radius 3 is 2.64 bits per heavy atom. The second-order valence-corrected chi connectivity index (χ2v) is 3.50. The highest BCUT2D eigenvalue weighted by atomic mass is 14.7. The molecule has 0 fully saturated rings. The summed E-state index contributed by atoms with van der Waals surface area (Å²) in [5.74, 6) is 0. The summed E-state index contributed by atoms with van der Waals surface area (Å²) in [5.41, 5.74) is 1.29. The summed E-state index contributed by atoms with van der Waals surface area (Å²) < 4.78 is 0. The van der Waals surface area contributed by atoms with Gasteiger partial charge in [0.15, 0.2) is 0 Å². The molecular weight excluding hydrogens is 170 g/mol. The minimum absolute atomic E-state index is 0.826. The van der Waals surface area contributed by atoms with E-state index in [1.54, 1.807) is 0 Å². The molecule has 0 radical (unpaired) electrons. The lowest BCUT2D eigenvalue weighted by Crippen LogP contribution is -1.82. The highest BCUT2D eigenvalue weighted by molar-refractivity contribution is 5.57. The van der Waals surface area contributed by atoms with Crippen molar-refractivity contribution in [2.45, 2.75) is 39.2 Å². The average Bonchev–Trinajstić information content (AvgIpc) is 2.25. The van der Waals surface area contributed by atoms with E-state index in [-0.39, 0.29) is 0 Å². The second kappa shape index (κ2) is 7.31. The minimum Gasteiger partial charge on any atom is -0.293 e. The smallest absolute Gasteiger partial charge is 0.0635 e. The Morgan fingerprint density at radius 1 is 1.14 bits per heavy atom. The van der Waals surface area contributed by atoms with Gasteiger partial charge in [-0.15, -0.1) is 0 Å². The molecule has 0 N–H and O–H groups in total. The number of rotatable bonds is 6. The molecule has 1 aromatic carbocycles. The first-order chi connectivity index (χ1) is 6.93. The Hall–Kier alpha value is -1.11. The molecule has 0 heterocycles. The summed E-state index contributed by atoms with van der Waals surface area (Å²) in [5, 5.41) is 0. The van der Waals surface area contributed by atoms with Crippen molar-refractivity contribution in [3.8, 4) is 0 Å². The van der Waals surface area contributed by atoms with E-state index in [1.807, 2.05) is 6.07 Å². The maximum Gasteiger partial charge on any atom is 0.0635 e. The van der Waals surface area contributed by atoms with Gasteiger partial charge in [0.1, 0.15) is 0 Å². The summed E-state index contributed by atoms with van der Waals surface area (Å²) in [6.45, 7) is 3.05. The van der Waals surface area contributed by atoms with Crippen LogP contribution in [0.2, 0.25) is 0 Å². The van der Waals surface area contributed by atoms with Gasteiger partial charge in [-0.05, 0) is 24.6 Å². The van der Waals surface area contributed by atoms with Gasteiger partial charge in [-0.25, -0.2) is 0 Å². The van der Waals surface area contributed by atoms with Gasteiger partial charge in [0.25, 0.3) is 0 Å². The molecule has 0 unspecified atom stereocenters. The number of hydrogen-bond donors (Lipinski definition) is 0. The minimum atomic E-state index is 0.826. The molecule has 0 aliphatic heterocycles. The van der Waals surface area contributed by atoms with Crippen LogP contribution in [-0.2, 0) is 6.54 Å². The lowest BCUT2D eigenvalue weighted by Gasteiger charge is -1.94. The van der Waals surface area contributed by atoms with Crippen molar-refractivity contribution in [1.29, 1.82) is 0 Å². The Bertz CT molecular complexity index is 251. The molecule has 0 aliphatic rings. The molecule has 0 atom stereocenters. The van der Waals surface area contributed by atoms with E-state index < -0.39 is 0 Å². The van der Waals surface area contributed by atoms with Crippen molar-refractivity contribution in [2.75, 3.05) is 0 Å². The molecule has 0 saturated carbocycles. The zero-order valence-electron chi connectivity index (χ0n) is 8.95. The van der Waals surface area contributed by atoms with E-state index in [9.17, 15) is 0 Å². The third-order valence-corrected chi connectivity index (χ3v) is 2.18. The van der Waals surface area contributed by atoms with Crippen molar-refractivity contribution < 1.29 is 0 Å². The topological polar surface area (TPSA) is 12.4 Å². The Labute approximate surface area is 86.9 Å². The van der Waals surface area contributed by atoms with Gasteiger partial charge in [-0.1, -0.05) is 50.1 Å². The first-order valence-electron chi connectivity index (χ1n) is 5.45. The fourth-order valence-electron chi connectivity index (χ4n) is 1.33. The first kappa shape index (κ1) is 11.0. The lowest BCUT2D eigenvalue weighted by atomic mass is 10.2. The molecule has 76 valence electrons. The standard InChI is InChI=1S/C13H19N/c1-2-3-4-8-11-14-12-13-9-6-5-7-10-13/h5-7,9-11H,2-4,8,12H2,1H3. The van der Waals surface area contributed by atoms with Crippen LogP contribution in [0.1, 0.15) is 38.2 Å². The van der Waals surface area contributed by atoms with Crippen LogP contribution in [0.15, 0.2) is 35.3 Å². The maximum atomic E-state index is 4.39. The third kappa shape index (κ3) is 4.80. The van der Waals surface area contributed by atoms with Crippen LogP contribution in [0.5, 0.6) is 0 Å². The van der Waals surface area contributed by atoms with Crippen molar-refractivity contribution in [3.63, 3.8) is 0 Å². The van der Waals surface area contributed by atoms with Gasteiger partial charge in [0.05, 0.1) is 6.54 Å². The van der Waals surface area contributed by atoms with Crippen molar-refractivity contribution in [2.24, 2.45) is 4.99 Å². The second-order valence-electron chi connectivity index (χ2n) is 3.50. The molecule has 0 amide bonds. The van der Waals surface area contributed by atoms with E-state index in [0.717, 1.165) is 13.0 Å². The van der Waals surface area contributed by atoms with Gasteiger partial charge >= 0.3 is 0 Å². The van der Waals surface area contributed by atoms with E-state index in [4.69, 9.17) is 0 Å². The number of aliphatic imine (C=N–C) groups is 1. The molecule has 0 aromatic heterocycles. The van der Waals surface area contributed by atoms with Crippen LogP contribution >= 0.6 is 0 Å². The van der Waals surface area contributed by atoms with E-state index in [2.05, 4.69) is 42.4 Å². The molecule has 1 aromatic rings. The van der Waals surface area contributed by atoms with Crippen molar-refractivity contribution in [3.05, 3.63) is 35.9 Å². The number of hydrogen-bond acceptors (Lipinski definition) is 1. The number of benzene rings is 1. The van der Waals surface area contributed by atoms with Gasteiger partial charge in [-0.3, -0.25) is 4.99 Å². The first-order valence-corrected chi connectivity index (χ1v) is 5.45. The molecule has 0 saturated heterocycles. The van der Waals surface area contributed by atoms with Gasteiger partial charge < -0.3 is 0 Å². The number of nitrogens with zero attached hydrogens (tertiary/aromatic N) is 1. The summed E-state index contributed by atoms with van der Waals surface area (Å²) in [4.78, 5) is 4.39. The molecule has 1 rings (SSSR count). The zero-order valence-corrected chi connectivity index (χ0v) is 8.95. The maximum absolute atomic E-state index is 4.39. The monoisotopic (exact) mass is 189 g/mol. The van der Waals surface area contributed by atoms with Crippen LogP contribution in [0.4, 0.5) is 0 Å².